The molecule has 0 aliphatic rings. The van der Waals surface area contributed by atoms with Gasteiger partial charge in [-0.25, -0.2) is 0 Å². The predicted molar refractivity (Wildman–Crippen MR) is 215 cm³/mol. The maximum atomic E-state index is 7.35. The van der Waals surface area contributed by atoms with E-state index in [0.717, 1.165) is 55.6 Å². The third-order valence-electron chi connectivity index (χ3n) is 9.30. The van der Waals surface area contributed by atoms with Gasteiger partial charge in [-0.1, -0.05) is 114 Å². The van der Waals surface area contributed by atoms with Crippen LogP contribution in [0.2, 0.25) is 19.6 Å². The van der Waals surface area contributed by atoms with Crippen molar-refractivity contribution in [2.24, 2.45) is 0 Å². The number of aromatic nitrogens is 4. The van der Waals surface area contributed by atoms with Crippen LogP contribution < -0.4 is 5.19 Å². The van der Waals surface area contributed by atoms with Crippen LogP contribution in [-0.2, 0) is 20.1 Å². The van der Waals surface area contributed by atoms with Gasteiger partial charge in [0.15, 0.2) is 0 Å². The molecule has 0 atom stereocenters. The van der Waals surface area contributed by atoms with Gasteiger partial charge in [-0.05, 0) is 46.0 Å². The normalized spacial score (nSPS) is 12.8. The molecular formula is C45H44IrN4OSi-2. The number of hydrogen-bond acceptors (Lipinski definition) is 4. The van der Waals surface area contributed by atoms with E-state index in [-0.39, 0.29) is 20.1 Å². The number of para-hydroxylation sites is 2. The average molecular weight is 880 g/mol. The van der Waals surface area contributed by atoms with Gasteiger partial charge < -0.3 is 14.0 Å². The van der Waals surface area contributed by atoms with E-state index >= 15 is 0 Å². The Morgan fingerprint density at radius 3 is 2.23 bits per heavy atom. The van der Waals surface area contributed by atoms with Crippen molar-refractivity contribution in [3.05, 3.63) is 138 Å². The van der Waals surface area contributed by atoms with Gasteiger partial charge in [0.25, 0.3) is 0 Å². The van der Waals surface area contributed by atoms with E-state index in [1.165, 1.54) is 28.1 Å². The number of benzene rings is 4. The molecule has 265 valence electrons. The van der Waals surface area contributed by atoms with E-state index in [9.17, 15) is 0 Å². The zero-order valence-corrected chi connectivity index (χ0v) is 34.0. The molecule has 0 spiro atoms. The Morgan fingerprint density at radius 2 is 1.58 bits per heavy atom. The van der Waals surface area contributed by atoms with Gasteiger partial charge >= 0.3 is 0 Å². The van der Waals surface area contributed by atoms with E-state index in [1.54, 1.807) is 18.3 Å². The Balaban J connectivity index is 0.000000211. The molecule has 0 unspecified atom stereocenters. The molecule has 0 N–H and O–H groups in total. The number of imidazole rings is 1. The molecular weight excluding hydrogens is 833 g/mol. The smallest absolute Gasteiger partial charge is 0.120 e. The van der Waals surface area contributed by atoms with Crippen LogP contribution in [0.25, 0.3) is 61.3 Å². The summed E-state index contributed by atoms with van der Waals surface area (Å²) in [6.07, 6.45) is 5.63. The van der Waals surface area contributed by atoms with Crippen LogP contribution >= 0.6 is 0 Å². The van der Waals surface area contributed by atoms with E-state index in [1.807, 2.05) is 48.8 Å². The first-order chi connectivity index (χ1) is 25.7. The summed E-state index contributed by atoms with van der Waals surface area (Å²) in [6, 6.07) is 36.3. The van der Waals surface area contributed by atoms with Crippen molar-refractivity contribution in [3.8, 4) is 28.3 Å². The van der Waals surface area contributed by atoms with Crippen LogP contribution in [0.3, 0.4) is 0 Å². The maximum absolute atomic E-state index is 7.35. The molecule has 7 heteroatoms. The first-order valence-corrected chi connectivity index (χ1v) is 21.0. The summed E-state index contributed by atoms with van der Waals surface area (Å²) < 4.78 is 30.7. The quantitative estimate of drug-likeness (QED) is 0.123. The van der Waals surface area contributed by atoms with Crippen LogP contribution in [0.5, 0.6) is 0 Å². The van der Waals surface area contributed by atoms with E-state index in [0.29, 0.717) is 17.4 Å². The summed E-state index contributed by atoms with van der Waals surface area (Å²) in [6.45, 7) is 13.7. The Kier molecular flexibility index (Phi) is 9.64. The fraction of sp³-hybridized carbons (Fsp3) is 0.222. The standard InChI is InChI=1S/C30H26N3O.C15H18NSi.Ir/c1-18(2)20-10-7-11-21(19(3)4)28(20)33-26-17-31-16-15-25(26)32-30(33)24-13-8-12-23-22-9-5-6-14-27(22)34-29(23)24;1-12-5-7-13(8-6-12)15-10-9-14(11-16-15)17(2,3)4;/h5-12,14-19H,1-4H3;5-7,9-11H,1-4H3;/q2*-1;/i;1D3;. The second kappa shape index (κ2) is 15.1. The van der Waals surface area contributed by atoms with Crippen molar-refractivity contribution in [1.29, 1.82) is 0 Å². The predicted octanol–water partition coefficient (Wildman–Crippen LogP) is 11.4. The molecule has 0 amide bonds. The van der Waals surface area contributed by atoms with E-state index in [4.69, 9.17) is 13.5 Å². The van der Waals surface area contributed by atoms with Gasteiger partial charge in [0, 0.05) is 47.7 Å². The van der Waals surface area contributed by atoms with Crippen LogP contribution in [0, 0.1) is 19.0 Å². The van der Waals surface area contributed by atoms with Crippen molar-refractivity contribution in [3.63, 3.8) is 0 Å². The van der Waals surface area contributed by atoms with Crippen molar-refractivity contribution >= 4 is 46.2 Å². The number of pyridine rings is 2. The second-order valence-corrected chi connectivity index (χ2v) is 19.7. The zero-order chi connectivity index (χ0) is 38.4. The van der Waals surface area contributed by atoms with Crippen molar-refractivity contribution in [2.45, 2.75) is 66.0 Å². The van der Waals surface area contributed by atoms with Gasteiger partial charge in [0.05, 0.1) is 36.7 Å². The maximum Gasteiger partial charge on any atom is 0.120 e. The number of nitrogens with zero attached hydrogens (tertiary/aromatic N) is 4. The molecule has 4 aromatic heterocycles. The monoisotopic (exact) mass is 880 g/mol. The van der Waals surface area contributed by atoms with Crippen LogP contribution in [-0.4, -0.2) is 27.6 Å². The SMILES string of the molecule is CC(C)c1cccc(C(C)C)c1-n1c(-c2[c-]ccc3c2oc2ccccc23)nc2ccncc21.[2H]C([2H])([2H])c1c[c-]c(-c2ccc([Si](C)(C)C)cn2)cc1.[Ir]. The van der Waals surface area contributed by atoms with Gasteiger partial charge in [-0.15, -0.1) is 53.6 Å². The molecule has 5 nitrogen and oxygen atoms in total. The molecule has 0 bridgehead atoms. The van der Waals surface area contributed by atoms with Gasteiger partial charge in [-0.2, -0.15) is 0 Å². The van der Waals surface area contributed by atoms with Crippen molar-refractivity contribution < 1.29 is 28.6 Å². The number of aryl methyl sites for hydroxylation is 1. The minimum absolute atomic E-state index is 0. The molecule has 0 fully saturated rings. The summed E-state index contributed by atoms with van der Waals surface area (Å²) in [4.78, 5) is 14.0. The number of hydrogen-bond donors (Lipinski definition) is 0. The fourth-order valence-electron chi connectivity index (χ4n) is 6.53. The number of fused-ring (bicyclic) bond motifs is 4. The molecule has 4 heterocycles. The summed E-state index contributed by atoms with van der Waals surface area (Å²) >= 11 is 0. The summed E-state index contributed by atoms with van der Waals surface area (Å²) in [5, 5.41) is 3.48. The Hall–Kier alpha value is -4.68. The topological polar surface area (TPSA) is 56.7 Å². The third kappa shape index (κ3) is 7.18. The summed E-state index contributed by atoms with van der Waals surface area (Å²) in [5.74, 6) is 1.52. The molecule has 1 radical (unpaired) electrons. The largest absolute Gasteiger partial charge is 0.501 e. The number of rotatable bonds is 6. The van der Waals surface area contributed by atoms with Gasteiger partial charge in [0.2, 0.25) is 0 Å². The minimum Gasteiger partial charge on any atom is -0.501 e. The third-order valence-corrected chi connectivity index (χ3v) is 11.3. The average Bonchev–Trinajstić information content (AvgIpc) is 3.73. The fourth-order valence-corrected chi connectivity index (χ4v) is 7.56. The van der Waals surface area contributed by atoms with Gasteiger partial charge in [-0.3, -0.25) is 9.97 Å². The minimum atomic E-state index is -2.08. The molecule has 8 rings (SSSR count). The number of furan rings is 1. The van der Waals surface area contributed by atoms with Crippen LogP contribution in [0.4, 0.5) is 0 Å². The van der Waals surface area contributed by atoms with Crippen molar-refractivity contribution in [1.82, 2.24) is 19.5 Å². The molecule has 0 saturated carbocycles. The molecule has 8 aromatic rings. The van der Waals surface area contributed by atoms with E-state index < -0.39 is 14.9 Å². The first-order valence-electron chi connectivity index (χ1n) is 19.0. The molecule has 52 heavy (non-hydrogen) atoms. The van der Waals surface area contributed by atoms with Crippen molar-refractivity contribution in [2.75, 3.05) is 0 Å². The molecule has 0 saturated heterocycles. The second-order valence-electron chi connectivity index (χ2n) is 14.6. The summed E-state index contributed by atoms with van der Waals surface area (Å²) in [7, 11) is -1.34. The van der Waals surface area contributed by atoms with Crippen LogP contribution in [0.15, 0.2) is 114 Å². The van der Waals surface area contributed by atoms with Gasteiger partial charge in [0.1, 0.15) is 5.58 Å². The van der Waals surface area contributed by atoms with Crippen LogP contribution in [0.1, 0.15) is 60.3 Å². The first kappa shape index (κ1) is 33.2. The van der Waals surface area contributed by atoms with E-state index in [2.05, 4.69) is 110 Å². The molecule has 4 aromatic carbocycles. The Labute approximate surface area is 325 Å². The zero-order valence-electron chi connectivity index (χ0n) is 33.6. The Bertz CT molecular complexity index is 2500. The Morgan fingerprint density at radius 1 is 0.808 bits per heavy atom. The summed E-state index contributed by atoms with van der Waals surface area (Å²) in [5.41, 5.74) is 10.1. The molecule has 0 aliphatic carbocycles. The molecule has 0 aliphatic heterocycles.